The first-order chi connectivity index (χ1) is 9.32. The van der Waals surface area contributed by atoms with Crippen molar-refractivity contribution in [1.82, 2.24) is 0 Å². The topological polar surface area (TPSA) is 77.3 Å². The van der Waals surface area contributed by atoms with E-state index in [0.717, 1.165) is 0 Å². The van der Waals surface area contributed by atoms with E-state index in [1.54, 1.807) is 20.8 Å². The van der Waals surface area contributed by atoms with Gasteiger partial charge in [0, 0.05) is 0 Å². The van der Waals surface area contributed by atoms with Gasteiger partial charge in [0.25, 0.3) is 0 Å². The third-order valence-electron chi connectivity index (χ3n) is 3.93. The minimum Gasteiger partial charge on any atom is -0.467 e. The highest BCUT2D eigenvalue weighted by molar-refractivity contribution is 5.81. The van der Waals surface area contributed by atoms with Crippen molar-refractivity contribution in [3.63, 3.8) is 0 Å². The van der Waals surface area contributed by atoms with Crippen LogP contribution >= 0.6 is 0 Å². The molecule has 122 valence electrons. The van der Waals surface area contributed by atoms with Crippen molar-refractivity contribution in [3.8, 4) is 0 Å². The molecule has 6 nitrogen and oxygen atoms in total. The number of rotatable bonds is 5. The molecule has 0 fully saturated rings. The van der Waals surface area contributed by atoms with Crippen molar-refractivity contribution in [1.29, 1.82) is 0 Å². The third-order valence-corrected chi connectivity index (χ3v) is 3.93. The Morgan fingerprint density at radius 1 is 0.857 bits per heavy atom. The van der Waals surface area contributed by atoms with E-state index in [2.05, 4.69) is 15.0 Å². The van der Waals surface area contributed by atoms with Crippen LogP contribution in [0.25, 0.3) is 0 Å². The Morgan fingerprint density at radius 3 is 1.62 bits per heavy atom. The Labute approximate surface area is 127 Å². The quantitative estimate of drug-likeness (QED) is 0.577. The van der Waals surface area contributed by atoms with Gasteiger partial charge in [-0.25, -0.2) is 9.59 Å². The molecule has 0 N–H and O–H groups in total. The zero-order valence-corrected chi connectivity index (χ0v) is 14.6. The predicted molar refractivity (Wildman–Crippen MR) is 80.0 cm³/mol. The Kier molecular flexibility index (Phi) is 6.08. The Balaban J connectivity index is 5.67. The summed E-state index contributed by atoms with van der Waals surface area (Å²) >= 11 is 0. The number of carbonyl (C=O) groups is 2. The molecule has 0 amide bonds. The van der Waals surface area contributed by atoms with Crippen molar-refractivity contribution in [2.24, 2.45) is 21.6 Å². The van der Waals surface area contributed by atoms with Gasteiger partial charge in [-0.15, -0.1) is 0 Å². The van der Waals surface area contributed by atoms with Crippen molar-refractivity contribution < 1.29 is 19.1 Å². The van der Waals surface area contributed by atoms with Gasteiger partial charge in [0.2, 0.25) is 0 Å². The number of esters is 2. The molecular weight excluding hydrogens is 272 g/mol. The first kappa shape index (κ1) is 19.5. The van der Waals surface area contributed by atoms with Gasteiger partial charge in [-0.3, -0.25) is 0 Å². The molecule has 0 radical (unpaired) electrons. The van der Waals surface area contributed by atoms with Crippen LogP contribution in [0.1, 0.15) is 48.5 Å². The molecule has 0 aromatic rings. The molecule has 2 unspecified atom stereocenters. The summed E-state index contributed by atoms with van der Waals surface area (Å²) in [7, 11) is 2.60. The fraction of sp³-hybridized carbons (Fsp3) is 0.867. The fourth-order valence-electron chi connectivity index (χ4n) is 1.87. The molecule has 0 spiro atoms. The average Bonchev–Trinajstić information content (AvgIpc) is 2.40. The monoisotopic (exact) mass is 300 g/mol. The van der Waals surface area contributed by atoms with Crippen LogP contribution in [0.3, 0.4) is 0 Å². The number of hydrogen-bond donors (Lipinski definition) is 0. The van der Waals surface area contributed by atoms with Crippen molar-refractivity contribution in [2.75, 3.05) is 14.2 Å². The summed E-state index contributed by atoms with van der Waals surface area (Å²) in [6.45, 7) is 12.8. The molecule has 0 aromatic carbocycles. The second kappa shape index (κ2) is 6.54. The van der Waals surface area contributed by atoms with Crippen LogP contribution in [0.5, 0.6) is 0 Å². The molecule has 0 heterocycles. The predicted octanol–water partition coefficient (Wildman–Crippen LogP) is 3.00. The number of methoxy groups -OCH3 is 2. The van der Waals surface area contributed by atoms with Crippen LogP contribution in [0.2, 0.25) is 0 Å². The molecule has 0 rings (SSSR count). The smallest absolute Gasteiger partial charge is 0.335 e. The minimum atomic E-state index is -1.17. The summed E-state index contributed by atoms with van der Waals surface area (Å²) in [5.74, 6) is -1.13. The van der Waals surface area contributed by atoms with Crippen LogP contribution in [-0.2, 0) is 19.1 Å². The molecule has 6 heteroatoms. The molecule has 0 bridgehead atoms. The summed E-state index contributed by atoms with van der Waals surface area (Å²) in [5.41, 5.74) is -2.50. The zero-order valence-electron chi connectivity index (χ0n) is 14.6. The lowest BCUT2D eigenvalue weighted by atomic mass is 9.71. The van der Waals surface area contributed by atoms with E-state index in [1.165, 1.54) is 14.2 Å². The average molecular weight is 300 g/mol. The molecule has 0 aliphatic rings. The summed E-state index contributed by atoms with van der Waals surface area (Å²) in [6.07, 6.45) is 0. The van der Waals surface area contributed by atoms with Crippen molar-refractivity contribution in [3.05, 3.63) is 0 Å². The lowest BCUT2D eigenvalue weighted by molar-refractivity contribution is -0.151. The highest BCUT2D eigenvalue weighted by atomic mass is 16.5. The first-order valence-electron chi connectivity index (χ1n) is 6.93. The second-order valence-electron chi connectivity index (χ2n) is 6.98. The van der Waals surface area contributed by atoms with Gasteiger partial charge >= 0.3 is 11.9 Å². The van der Waals surface area contributed by atoms with Crippen LogP contribution in [-0.4, -0.2) is 37.2 Å². The van der Waals surface area contributed by atoms with Gasteiger partial charge in [0.05, 0.1) is 14.2 Å². The van der Waals surface area contributed by atoms with E-state index in [-0.39, 0.29) is 11.3 Å². The summed E-state index contributed by atoms with van der Waals surface area (Å²) < 4.78 is 9.56. The summed E-state index contributed by atoms with van der Waals surface area (Å²) in [6, 6.07) is 0. The van der Waals surface area contributed by atoms with Gasteiger partial charge in [-0.05, 0) is 32.1 Å². The van der Waals surface area contributed by atoms with Crippen molar-refractivity contribution in [2.45, 2.75) is 59.5 Å². The number of hydrogen-bond acceptors (Lipinski definition) is 6. The third kappa shape index (κ3) is 4.51. The molecule has 0 aromatic heterocycles. The van der Waals surface area contributed by atoms with Crippen LogP contribution in [0.4, 0.5) is 0 Å². The molecule has 0 aliphatic heterocycles. The normalized spacial score (nSPS) is 17.2. The highest BCUT2D eigenvalue weighted by Gasteiger charge is 2.46. The Morgan fingerprint density at radius 2 is 1.29 bits per heavy atom. The Bertz CT molecular complexity index is 424. The molecular formula is C15H28N2O4. The Hall–Kier alpha value is -1.46. The summed E-state index contributed by atoms with van der Waals surface area (Å²) in [4.78, 5) is 23.9. The molecule has 0 saturated heterocycles. The maximum Gasteiger partial charge on any atom is 0.335 e. The first-order valence-corrected chi connectivity index (χ1v) is 6.93. The van der Waals surface area contributed by atoms with E-state index in [4.69, 9.17) is 4.74 Å². The fourth-order valence-corrected chi connectivity index (χ4v) is 1.87. The highest BCUT2D eigenvalue weighted by Crippen LogP contribution is 2.38. The van der Waals surface area contributed by atoms with E-state index in [0.29, 0.717) is 0 Å². The molecule has 21 heavy (non-hydrogen) atoms. The van der Waals surface area contributed by atoms with E-state index in [1.807, 2.05) is 27.7 Å². The maximum absolute atomic E-state index is 12.2. The summed E-state index contributed by atoms with van der Waals surface area (Å²) in [5, 5.41) is 8.24. The van der Waals surface area contributed by atoms with Gasteiger partial charge < -0.3 is 9.47 Å². The number of azo groups is 1. The lowest BCUT2D eigenvalue weighted by Crippen LogP contribution is -2.46. The van der Waals surface area contributed by atoms with Crippen LogP contribution in [0, 0.1) is 11.3 Å². The van der Waals surface area contributed by atoms with Gasteiger partial charge in [-0.2, -0.15) is 10.2 Å². The van der Waals surface area contributed by atoms with Gasteiger partial charge in [-0.1, -0.05) is 27.7 Å². The minimum absolute atomic E-state index is 0.144. The SMILES string of the molecule is COC(=O)C(C)(C)N=NC(C)(C(=O)OC)C(C)C(C)(C)C. The van der Waals surface area contributed by atoms with Crippen LogP contribution in [0.15, 0.2) is 10.2 Å². The van der Waals surface area contributed by atoms with Gasteiger partial charge in [0.1, 0.15) is 0 Å². The zero-order chi connectivity index (χ0) is 17.1. The largest absolute Gasteiger partial charge is 0.467 e. The lowest BCUT2D eigenvalue weighted by Gasteiger charge is -2.37. The molecule has 2 atom stereocenters. The molecule has 0 saturated carbocycles. The van der Waals surface area contributed by atoms with Crippen LogP contribution < -0.4 is 0 Å². The van der Waals surface area contributed by atoms with E-state index >= 15 is 0 Å². The molecule has 0 aliphatic carbocycles. The standard InChI is InChI=1S/C15H28N2O4/c1-10(13(2,3)4)15(7,12(19)21-9)17-16-14(5,6)11(18)20-8/h10H,1-9H3. The number of ether oxygens (including phenoxy) is 2. The second-order valence-corrected chi connectivity index (χ2v) is 6.98. The maximum atomic E-state index is 12.2. The number of nitrogens with zero attached hydrogens (tertiary/aromatic N) is 2. The van der Waals surface area contributed by atoms with Gasteiger partial charge in [0.15, 0.2) is 11.1 Å². The van der Waals surface area contributed by atoms with Crippen molar-refractivity contribution >= 4 is 11.9 Å². The number of carbonyl (C=O) groups excluding carboxylic acids is 2. The van der Waals surface area contributed by atoms with E-state index in [9.17, 15) is 9.59 Å². The van der Waals surface area contributed by atoms with E-state index < -0.39 is 23.0 Å².